The number of rotatable bonds is 6. The number of benzene rings is 1. The SMILES string of the molecule is CC(=O)Nc1ccc(OCC(C)(C)N2CCCC2)c(-c2ccnn2C)c1. The molecule has 1 aliphatic rings. The van der Waals surface area contributed by atoms with Crippen molar-refractivity contribution in [1.82, 2.24) is 14.7 Å². The maximum absolute atomic E-state index is 11.4. The highest BCUT2D eigenvalue weighted by Crippen LogP contribution is 2.33. The standard InChI is InChI=1S/C20H28N4O2/c1-15(25)22-16-7-8-19(17(13-16)18-9-10-21-23(18)4)26-14-20(2,3)24-11-5-6-12-24/h7-10,13H,5-6,11-12,14H2,1-4H3,(H,22,25). The van der Waals surface area contributed by atoms with Crippen molar-refractivity contribution in [1.29, 1.82) is 0 Å². The van der Waals surface area contributed by atoms with Crippen LogP contribution in [-0.2, 0) is 11.8 Å². The van der Waals surface area contributed by atoms with E-state index in [1.165, 1.54) is 19.8 Å². The summed E-state index contributed by atoms with van der Waals surface area (Å²) in [4.78, 5) is 13.9. The minimum absolute atomic E-state index is 0.0173. The molecule has 2 heterocycles. The van der Waals surface area contributed by atoms with E-state index in [2.05, 4.69) is 29.2 Å². The Labute approximate surface area is 155 Å². The third-order valence-corrected chi connectivity index (χ3v) is 4.94. The number of aryl methyl sites for hydroxylation is 1. The first-order chi connectivity index (χ1) is 12.4. The van der Waals surface area contributed by atoms with Gasteiger partial charge in [0.05, 0.1) is 5.69 Å². The first-order valence-electron chi connectivity index (χ1n) is 9.15. The minimum Gasteiger partial charge on any atom is -0.491 e. The Bertz CT molecular complexity index is 776. The van der Waals surface area contributed by atoms with E-state index in [-0.39, 0.29) is 11.4 Å². The van der Waals surface area contributed by atoms with Crippen molar-refractivity contribution in [3.63, 3.8) is 0 Å². The van der Waals surface area contributed by atoms with Crippen LogP contribution >= 0.6 is 0 Å². The predicted molar refractivity (Wildman–Crippen MR) is 103 cm³/mol. The van der Waals surface area contributed by atoms with E-state index in [1.807, 2.05) is 36.0 Å². The van der Waals surface area contributed by atoms with Gasteiger partial charge in [0.1, 0.15) is 12.4 Å². The van der Waals surface area contributed by atoms with Crippen LogP contribution in [0.3, 0.4) is 0 Å². The summed E-state index contributed by atoms with van der Waals surface area (Å²) >= 11 is 0. The van der Waals surface area contributed by atoms with Crippen LogP contribution in [0.25, 0.3) is 11.3 Å². The fourth-order valence-corrected chi connectivity index (χ4v) is 3.44. The van der Waals surface area contributed by atoms with Gasteiger partial charge in [-0.3, -0.25) is 14.4 Å². The summed E-state index contributed by atoms with van der Waals surface area (Å²) in [5.41, 5.74) is 2.61. The lowest BCUT2D eigenvalue weighted by molar-refractivity contribution is -0.114. The Morgan fingerprint density at radius 2 is 2.00 bits per heavy atom. The summed E-state index contributed by atoms with van der Waals surface area (Å²) in [7, 11) is 1.90. The Morgan fingerprint density at radius 1 is 1.27 bits per heavy atom. The van der Waals surface area contributed by atoms with Crippen LogP contribution in [0.1, 0.15) is 33.6 Å². The second-order valence-electron chi connectivity index (χ2n) is 7.53. The largest absolute Gasteiger partial charge is 0.491 e. The van der Waals surface area contributed by atoms with Crippen LogP contribution in [0, 0.1) is 0 Å². The number of anilines is 1. The third kappa shape index (κ3) is 4.07. The molecule has 0 unspecified atom stereocenters. The summed E-state index contributed by atoms with van der Waals surface area (Å²) in [5.74, 6) is 0.708. The van der Waals surface area contributed by atoms with Gasteiger partial charge in [-0.15, -0.1) is 0 Å². The van der Waals surface area contributed by atoms with Gasteiger partial charge in [-0.1, -0.05) is 0 Å². The van der Waals surface area contributed by atoms with Gasteiger partial charge in [-0.2, -0.15) is 5.10 Å². The van der Waals surface area contributed by atoms with Gasteiger partial charge >= 0.3 is 0 Å². The molecular formula is C20H28N4O2. The maximum Gasteiger partial charge on any atom is 0.221 e. The highest BCUT2D eigenvalue weighted by molar-refractivity contribution is 5.90. The van der Waals surface area contributed by atoms with E-state index < -0.39 is 0 Å². The lowest BCUT2D eigenvalue weighted by Gasteiger charge is -2.35. The molecule has 3 rings (SSSR count). The minimum atomic E-state index is -0.0928. The molecule has 1 aliphatic heterocycles. The van der Waals surface area contributed by atoms with E-state index in [1.54, 1.807) is 6.20 Å². The van der Waals surface area contributed by atoms with Crippen molar-refractivity contribution in [3.8, 4) is 17.0 Å². The summed E-state index contributed by atoms with van der Waals surface area (Å²) in [5, 5.41) is 7.10. The lowest BCUT2D eigenvalue weighted by Crippen LogP contribution is -2.46. The Hall–Kier alpha value is -2.34. The van der Waals surface area contributed by atoms with Gasteiger partial charge in [0.25, 0.3) is 0 Å². The molecule has 26 heavy (non-hydrogen) atoms. The molecule has 1 amide bonds. The molecule has 6 nitrogen and oxygen atoms in total. The second kappa shape index (κ2) is 7.50. The number of nitrogens with zero attached hydrogens (tertiary/aromatic N) is 3. The molecule has 6 heteroatoms. The lowest BCUT2D eigenvalue weighted by atomic mass is 10.0. The van der Waals surface area contributed by atoms with Gasteiger partial charge in [0.15, 0.2) is 0 Å². The first-order valence-corrected chi connectivity index (χ1v) is 9.15. The number of likely N-dealkylation sites (tertiary alicyclic amines) is 1. The molecule has 1 fully saturated rings. The highest BCUT2D eigenvalue weighted by atomic mass is 16.5. The number of carbonyl (C=O) groups excluding carboxylic acids is 1. The van der Waals surface area contributed by atoms with Gasteiger partial charge in [0.2, 0.25) is 5.91 Å². The van der Waals surface area contributed by atoms with Crippen molar-refractivity contribution in [3.05, 3.63) is 30.5 Å². The normalized spacial score (nSPS) is 15.2. The molecule has 0 spiro atoms. The van der Waals surface area contributed by atoms with Gasteiger partial charge in [-0.05, 0) is 64.0 Å². The predicted octanol–water partition coefficient (Wildman–Crippen LogP) is 3.30. The molecule has 2 aromatic rings. The van der Waals surface area contributed by atoms with Crippen molar-refractivity contribution in [2.75, 3.05) is 25.0 Å². The molecule has 1 N–H and O–H groups in total. The molecule has 1 aromatic heterocycles. The summed E-state index contributed by atoms with van der Waals surface area (Å²) in [6.07, 6.45) is 4.28. The zero-order valence-corrected chi connectivity index (χ0v) is 16.1. The number of hydrogen-bond donors (Lipinski definition) is 1. The number of amides is 1. The van der Waals surface area contributed by atoms with E-state index in [0.29, 0.717) is 6.61 Å². The quantitative estimate of drug-likeness (QED) is 0.863. The van der Waals surface area contributed by atoms with Crippen LogP contribution in [0.2, 0.25) is 0 Å². The number of ether oxygens (including phenoxy) is 1. The summed E-state index contributed by atoms with van der Waals surface area (Å²) in [6, 6.07) is 7.69. The van der Waals surface area contributed by atoms with Crippen molar-refractivity contribution in [2.45, 2.75) is 39.2 Å². The zero-order valence-electron chi connectivity index (χ0n) is 16.1. The Kier molecular flexibility index (Phi) is 5.32. The molecule has 0 aliphatic carbocycles. The van der Waals surface area contributed by atoms with Gasteiger partial charge in [-0.25, -0.2) is 0 Å². The second-order valence-corrected chi connectivity index (χ2v) is 7.53. The molecule has 140 valence electrons. The van der Waals surface area contributed by atoms with Crippen molar-refractivity contribution < 1.29 is 9.53 Å². The summed E-state index contributed by atoms with van der Waals surface area (Å²) < 4.78 is 8.07. The average molecular weight is 356 g/mol. The molecule has 1 aromatic carbocycles. The fourth-order valence-electron chi connectivity index (χ4n) is 3.44. The smallest absolute Gasteiger partial charge is 0.221 e. The van der Waals surface area contributed by atoms with Crippen LogP contribution in [0.15, 0.2) is 30.5 Å². The topological polar surface area (TPSA) is 59.4 Å². The number of nitrogens with one attached hydrogen (secondary N) is 1. The van der Waals surface area contributed by atoms with Crippen LogP contribution in [0.4, 0.5) is 5.69 Å². The summed E-state index contributed by atoms with van der Waals surface area (Å²) in [6.45, 7) is 8.84. The fraction of sp³-hybridized carbons (Fsp3) is 0.500. The Balaban J connectivity index is 1.85. The molecular weight excluding hydrogens is 328 g/mol. The van der Waals surface area contributed by atoms with E-state index in [9.17, 15) is 4.79 Å². The van der Waals surface area contributed by atoms with Gasteiger partial charge in [0, 0.05) is 37.0 Å². The number of carbonyl (C=O) groups is 1. The van der Waals surface area contributed by atoms with Crippen LogP contribution in [0.5, 0.6) is 5.75 Å². The highest BCUT2D eigenvalue weighted by Gasteiger charge is 2.30. The van der Waals surface area contributed by atoms with Crippen molar-refractivity contribution >= 4 is 11.6 Å². The molecule has 1 saturated heterocycles. The van der Waals surface area contributed by atoms with Crippen molar-refractivity contribution in [2.24, 2.45) is 7.05 Å². The third-order valence-electron chi connectivity index (χ3n) is 4.94. The monoisotopic (exact) mass is 356 g/mol. The number of hydrogen-bond acceptors (Lipinski definition) is 4. The van der Waals surface area contributed by atoms with E-state index >= 15 is 0 Å². The zero-order chi connectivity index (χ0) is 18.7. The first kappa shape index (κ1) is 18.5. The Morgan fingerprint density at radius 3 is 2.62 bits per heavy atom. The average Bonchev–Trinajstić information content (AvgIpc) is 3.25. The number of aromatic nitrogens is 2. The van der Waals surface area contributed by atoms with E-state index in [4.69, 9.17) is 4.74 Å². The molecule has 0 bridgehead atoms. The molecule has 0 saturated carbocycles. The van der Waals surface area contributed by atoms with Crippen LogP contribution < -0.4 is 10.1 Å². The van der Waals surface area contributed by atoms with Gasteiger partial charge < -0.3 is 10.1 Å². The van der Waals surface area contributed by atoms with Crippen LogP contribution in [-0.4, -0.2) is 45.8 Å². The maximum atomic E-state index is 11.4. The van der Waals surface area contributed by atoms with E-state index in [0.717, 1.165) is 35.8 Å². The molecule has 0 atom stereocenters. The molecule has 0 radical (unpaired) electrons.